The van der Waals surface area contributed by atoms with Crippen molar-refractivity contribution in [3.63, 3.8) is 0 Å². The molecule has 0 bridgehead atoms. The number of aryl methyl sites for hydroxylation is 1. The van der Waals surface area contributed by atoms with Crippen molar-refractivity contribution < 1.29 is 28.7 Å². The van der Waals surface area contributed by atoms with Crippen molar-refractivity contribution in [2.75, 3.05) is 12.1 Å². The Morgan fingerprint density at radius 3 is 2.64 bits per heavy atom. The van der Waals surface area contributed by atoms with Crippen LogP contribution in [0.5, 0.6) is 11.5 Å². The zero-order valence-corrected chi connectivity index (χ0v) is 19.7. The maximum atomic E-state index is 13.9. The van der Waals surface area contributed by atoms with Crippen LogP contribution in [0.2, 0.25) is 0 Å². The van der Waals surface area contributed by atoms with Gasteiger partial charge < -0.3 is 20.5 Å². The SMILES string of the molecule is CCc1ccc2c(c1)[C@]1(N[C@H](CCC(N)=O)[C@H]3C(=O)N(Cc4ccc5c(c4)OCO5)C(=O)[C@H]31)C(=O)N2. The van der Waals surface area contributed by atoms with Gasteiger partial charge in [0.2, 0.25) is 30.4 Å². The second kappa shape index (κ2) is 8.06. The van der Waals surface area contributed by atoms with E-state index in [-0.39, 0.29) is 38.0 Å². The molecule has 10 nitrogen and oxygen atoms in total. The minimum Gasteiger partial charge on any atom is -0.454 e. The summed E-state index contributed by atoms with van der Waals surface area (Å²) in [6.07, 6.45) is 1.02. The quantitative estimate of drug-likeness (QED) is 0.516. The summed E-state index contributed by atoms with van der Waals surface area (Å²) in [6, 6.07) is 10.4. The van der Waals surface area contributed by atoms with Crippen LogP contribution < -0.4 is 25.8 Å². The predicted molar refractivity (Wildman–Crippen MR) is 127 cm³/mol. The summed E-state index contributed by atoms with van der Waals surface area (Å²) in [5, 5.41) is 6.24. The standard InChI is InChI=1S/C26H26N4O6/c1-2-13-3-5-16-15(9-13)26(25(34)28-16)22-21(17(29-26)6-8-20(27)31)23(32)30(24(22)33)11-14-4-7-18-19(10-14)36-12-35-18/h3-5,7,9-10,17,21-22,29H,2,6,8,11-12H2,1H3,(H2,27,31)(H,28,34)/t17-,21-,22+,26-/m1/s1. The first-order valence-electron chi connectivity index (χ1n) is 12.1. The maximum Gasteiger partial charge on any atom is 0.250 e. The third kappa shape index (κ3) is 3.13. The number of primary amides is 1. The number of fused-ring (bicyclic) bond motifs is 5. The van der Waals surface area contributed by atoms with Crippen molar-refractivity contribution in [2.24, 2.45) is 17.6 Å². The molecule has 0 aromatic heterocycles. The fourth-order valence-corrected chi connectivity index (χ4v) is 6.05. The number of hydrogen-bond donors (Lipinski definition) is 3. The van der Waals surface area contributed by atoms with Gasteiger partial charge in [0.25, 0.3) is 0 Å². The molecule has 0 unspecified atom stereocenters. The Labute approximate surface area is 207 Å². The first-order chi connectivity index (χ1) is 17.3. The smallest absolute Gasteiger partial charge is 0.250 e. The highest BCUT2D eigenvalue weighted by molar-refractivity contribution is 6.15. The van der Waals surface area contributed by atoms with Crippen molar-refractivity contribution in [3.05, 3.63) is 53.1 Å². The highest BCUT2D eigenvalue weighted by Gasteiger charge is 2.70. The van der Waals surface area contributed by atoms with E-state index in [1.165, 1.54) is 4.90 Å². The number of rotatable bonds is 6. The highest BCUT2D eigenvalue weighted by Crippen LogP contribution is 2.54. The molecular weight excluding hydrogens is 464 g/mol. The van der Waals surface area contributed by atoms with Crippen molar-refractivity contribution >= 4 is 29.3 Å². The van der Waals surface area contributed by atoms with Gasteiger partial charge >= 0.3 is 0 Å². The summed E-state index contributed by atoms with van der Waals surface area (Å²) in [6.45, 7) is 2.18. The first-order valence-corrected chi connectivity index (χ1v) is 12.1. The Hall–Kier alpha value is -3.92. The van der Waals surface area contributed by atoms with Crippen LogP contribution >= 0.6 is 0 Å². The Morgan fingerprint density at radius 2 is 1.86 bits per heavy atom. The fraction of sp³-hybridized carbons (Fsp3) is 0.385. The number of nitrogens with one attached hydrogen (secondary N) is 2. The van der Waals surface area contributed by atoms with Crippen molar-refractivity contribution in [1.82, 2.24) is 10.2 Å². The summed E-state index contributed by atoms with van der Waals surface area (Å²) < 4.78 is 10.8. The molecule has 36 heavy (non-hydrogen) atoms. The molecule has 0 aliphatic carbocycles. The van der Waals surface area contributed by atoms with E-state index in [2.05, 4.69) is 10.6 Å². The minimum atomic E-state index is -1.40. The molecule has 2 fully saturated rings. The van der Waals surface area contributed by atoms with Crippen LogP contribution in [0.15, 0.2) is 36.4 Å². The number of benzene rings is 2. The number of anilines is 1. The Kier molecular flexibility index (Phi) is 5.04. The van der Waals surface area contributed by atoms with Gasteiger partial charge in [-0.1, -0.05) is 25.1 Å². The maximum absolute atomic E-state index is 13.9. The molecular formula is C26H26N4O6. The van der Waals surface area contributed by atoms with Crippen molar-refractivity contribution in [2.45, 2.75) is 44.3 Å². The summed E-state index contributed by atoms with van der Waals surface area (Å²) in [4.78, 5) is 54.0. The van der Waals surface area contributed by atoms with E-state index >= 15 is 0 Å². The third-order valence-corrected chi connectivity index (χ3v) is 7.76. The van der Waals surface area contributed by atoms with Crippen LogP contribution in [0.4, 0.5) is 5.69 Å². The van der Waals surface area contributed by atoms with Gasteiger partial charge in [-0.3, -0.25) is 29.4 Å². The van der Waals surface area contributed by atoms with Crippen molar-refractivity contribution in [1.29, 1.82) is 0 Å². The molecule has 4 aliphatic heterocycles. The van der Waals surface area contributed by atoms with Gasteiger partial charge in [0, 0.05) is 23.7 Å². The third-order valence-electron chi connectivity index (χ3n) is 7.76. The number of hydrogen-bond acceptors (Lipinski definition) is 7. The normalized spacial score (nSPS) is 27.5. The first kappa shape index (κ1) is 22.5. The molecule has 4 aliphatic rings. The van der Waals surface area contributed by atoms with E-state index in [0.29, 0.717) is 28.3 Å². The topological polar surface area (TPSA) is 140 Å². The molecule has 4 atom stereocenters. The molecule has 6 rings (SSSR count). The number of amides is 4. The molecule has 0 radical (unpaired) electrons. The van der Waals surface area contributed by atoms with E-state index in [9.17, 15) is 19.2 Å². The average Bonchev–Trinajstić information content (AvgIpc) is 3.59. The van der Waals surface area contributed by atoms with Gasteiger partial charge in [0.15, 0.2) is 11.5 Å². The molecule has 1 spiro atoms. The number of ether oxygens (including phenoxy) is 2. The molecule has 4 heterocycles. The monoisotopic (exact) mass is 490 g/mol. The van der Waals surface area contributed by atoms with E-state index in [1.54, 1.807) is 18.2 Å². The van der Waals surface area contributed by atoms with E-state index < -0.39 is 35.2 Å². The number of likely N-dealkylation sites (tertiary alicyclic amines) is 1. The second-order valence-electron chi connectivity index (χ2n) is 9.71. The number of carbonyl (C=O) groups excluding carboxylic acids is 4. The Morgan fingerprint density at radius 1 is 1.08 bits per heavy atom. The van der Waals surface area contributed by atoms with Gasteiger partial charge in [-0.05, 0) is 42.2 Å². The minimum absolute atomic E-state index is 0.0318. The van der Waals surface area contributed by atoms with Gasteiger partial charge in [-0.25, -0.2) is 0 Å². The molecule has 2 aromatic rings. The predicted octanol–water partition coefficient (Wildman–Crippen LogP) is 1.16. The molecule has 2 saturated heterocycles. The average molecular weight is 491 g/mol. The largest absolute Gasteiger partial charge is 0.454 e. The molecule has 0 saturated carbocycles. The fourth-order valence-electron chi connectivity index (χ4n) is 6.05. The molecule has 186 valence electrons. The number of nitrogens with two attached hydrogens (primary N) is 1. The van der Waals surface area contributed by atoms with Crippen LogP contribution in [0, 0.1) is 11.8 Å². The molecule has 4 N–H and O–H groups in total. The summed E-state index contributed by atoms with van der Waals surface area (Å²) in [5.41, 5.74) is 7.00. The zero-order chi connectivity index (χ0) is 25.2. The van der Waals surface area contributed by atoms with Crippen LogP contribution in [0.25, 0.3) is 0 Å². The highest BCUT2D eigenvalue weighted by atomic mass is 16.7. The lowest BCUT2D eigenvalue weighted by Gasteiger charge is -2.29. The Bertz CT molecular complexity index is 1330. The molecule has 4 amide bonds. The zero-order valence-electron chi connectivity index (χ0n) is 19.7. The van der Waals surface area contributed by atoms with Crippen LogP contribution in [-0.4, -0.2) is 41.4 Å². The van der Waals surface area contributed by atoms with E-state index in [0.717, 1.165) is 12.0 Å². The van der Waals surface area contributed by atoms with Crippen LogP contribution in [0.3, 0.4) is 0 Å². The molecule has 2 aromatic carbocycles. The molecule has 10 heteroatoms. The number of nitrogens with zero attached hydrogens (tertiary/aromatic N) is 1. The van der Waals surface area contributed by atoms with E-state index in [4.69, 9.17) is 15.2 Å². The van der Waals surface area contributed by atoms with Crippen molar-refractivity contribution in [3.8, 4) is 11.5 Å². The van der Waals surface area contributed by atoms with Gasteiger partial charge in [-0.2, -0.15) is 0 Å². The second-order valence-corrected chi connectivity index (χ2v) is 9.71. The van der Waals surface area contributed by atoms with Crippen LogP contribution in [0.1, 0.15) is 36.5 Å². The van der Waals surface area contributed by atoms with Gasteiger partial charge in [0.1, 0.15) is 5.54 Å². The lowest BCUT2D eigenvalue weighted by Crippen LogP contribution is -2.53. The van der Waals surface area contributed by atoms with E-state index in [1.807, 2.05) is 25.1 Å². The summed E-state index contributed by atoms with van der Waals surface area (Å²) >= 11 is 0. The lowest BCUT2D eigenvalue weighted by atomic mass is 9.76. The summed E-state index contributed by atoms with van der Waals surface area (Å²) in [7, 11) is 0. The number of carbonyl (C=O) groups is 4. The van der Waals surface area contributed by atoms with Gasteiger partial charge in [-0.15, -0.1) is 0 Å². The van der Waals surface area contributed by atoms with Crippen LogP contribution in [-0.2, 0) is 37.7 Å². The Balaban J connectivity index is 1.41. The lowest BCUT2D eigenvalue weighted by molar-refractivity contribution is -0.143. The number of imide groups is 1. The summed E-state index contributed by atoms with van der Waals surface area (Å²) in [5.74, 6) is -2.23. The van der Waals surface area contributed by atoms with Gasteiger partial charge in [0.05, 0.1) is 18.4 Å².